The number of nitrogens with zero attached hydrogens (tertiary/aromatic N) is 1. The number of hydrogen-bond acceptors (Lipinski definition) is 4. The van der Waals surface area contributed by atoms with Crippen molar-refractivity contribution in [2.45, 2.75) is 38.1 Å². The van der Waals surface area contributed by atoms with Crippen molar-refractivity contribution in [3.05, 3.63) is 64.9 Å². The molecule has 2 aliphatic heterocycles. The first kappa shape index (κ1) is 21.5. The van der Waals surface area contributed by atoms with Crippen LogP contribution in [-0.4, -0.2) is 43.0 Å². The molecule has 3 atom stereocenters. The number of H-pyrrole nitrogens is 1. The predicted molar refractivity (Wildman–Crippen MR) is 134 cm³/mol. The zero-order chi connectivity index (χ0) is 23.4. The van der Waals surface area contributed by atoms with Crippen LogP contribution >= 0.6 is 0 Å². The van der Waals surface area contributed by atoms with Gasteiger partial charge in [0.2, 0.25) is 0 Å². The molecule has 5 heteroatoms. The van der Waals surface area contributed by atoms with Gasteiger partial charge in [-0.2, -0.15) is 0 Å². The fraction of sp³-hybridized carbons (Fsp3) is 0.414. The standard InChI is InChI=1S/C29H32N2O3/c1-29-16-20-15-25(32)19(12-18-8-9-26(33-2)27(13-18)34-3)14-21(20)17-31(29)11-10-23-22-6-4-5-7-24(22)30-28(23)29/h4-9,12-13,20-21,30H,10-11,14-17H2,1-3H3/b19-12+. The van der Waals surface area contributed by atoms with Crippen LogP contribution in [-0.2, 0) is 16.8 Å². The number of rotatable bonds is 3. The van der Waals surface area contributed by atoms with Crippen molar-refractivity contribution in [3.63, 3.8) is 0 Å². The second-order valence-corrected chi connectivity index (χ2v) is 10.3. The monoisotopic (exact) mass is 456 g/mol. The van der Waals surface area contributed by atoms with E-state index in [1.807, 2.05) is 18.2 Å². The van der Waals surface area contributed by atoms with Gasteiger partial charge in [0.1, 0.15) is 0 Å². The van der Waals surface area contributed by atoms with Crippen molar-refractivity contribution < 1.29 is 14.3 Å². The average molecular weight is 457 g/mol. The molecule has 2 fully saturated rings. The fourth-order valence-electron chi connectivity index (χ4n) is 6.72. The van der Waals surface area contributed by atoms with Crippen LogP contribution in [0.15, 0.2) is 48.0 Å². The summed E-state index contributed by atoms with van der Waals surface area (Å²) in [5.41, 5.74) is 5.98. The van der Waals surface area contributed by atoms with Crippen molar-refractivity contribution >= 4 is 22.8 Å². The van der Waals surface area contributed by atoms with Crippen molar-refractivity contribution in [3.8, 4) is 11.5 Å². The lowest BCUT2D eigenvalue weighted by atomic mass is 9.65. The predicted octanol–water partition coefficient (Wildman–Crippen LogP) is 5.34. The molecule has 1 aromatic heterocycles. The number of methoxy groups -OCH3 is 2. The first-order chi connectivity index (χ1) is 16.5. The number of ketones is 1. The number of Topliss-reactive ketones (excluding diaryl/α,β-unsaturated/α-hetero) is 1. The number of fused-ring (bicyclic) bond motifs is 6. The molecule has 3 aliphatic rings. The molecular formula is C29H32N2O3. The molecule has 1 aliphatic carbocycles. The summed E-state index contributed by atoms with van der Waals surface area (Å²) in [5, 5.41) is 1.36. The Kier molecular flexibility index (Phi) is 5.07. The lowest BCUT2D eigenvalue weighted by Crippen LogP contribution is -2.57. The number of ether oxygens (including phenoxy) is 2. The molecule has 6 rings (SSSR count). The maximum Gasteiger partial charge on any atom is 0.161 e. The molecule has 0 bridgehead atoms. The van der Waals surface area contributed by atoms with Crippen LogP contribution < -0.4 is 9.47 Å². The molecule has 0 amide bonds. The van der Waals surface area contributed by atoms with E-state index < -0.39 is 0 Å². The Morgan fingerprint density at radius 1 is 1.06 bits per heavy atom. The number of hydrogen-bond donors (Lipinski definition) is 1. The number of aromatic amines is 1. The Balaban J connectivity index is 1.28. The van der Waals surface area contributed by atoms with E-state index in [4.69, 9.17) is 9.47 Å². The third-order valence-corrected chi connectivity index (χ3v) is 8.50. The van der Waals surface area contributed by atoms with E-state index in [0.29, 0.717) is 35.5 Å². The van der Waals surface area contributed by atoms with Gasteiger partial charge in [-0.15, -0.1) is 0 Å². The van der Waals surface area contributed by atoms with Gasteiger partial charge in [-0.1, -0.05) is 24.3 Å². The molecule has 5 nitrogen and oxygen atoms in total. The minimum atomic E-state index is -0.0291. The minimum absolute atomic E-state index is 0.0291. The summed E-state index contributed by atoms with van der Waals surface area (Å²) in [6.45, 7) is 4.51. The molecule has 1 N–H and O–H groups in total. The molecule has 0 spiro atoms. The highest BCUT2D eigenvalue weighted by atomic mass is 16.5. The summed E-state index contributed by atoms with van der Waals surface area (Å²) in [7, 11) is 3.28. The lowest BCUT2D eigenvalue weighted by molar-refractivity contribution is -0.121. The second kappa shape index (κ2) is 8.02. The van der Waals surface area contributed by atoms with Gasteiger partial charge in [-0.3, -0.25) is 9.69 Å². The summed E-state index contributed by atoms with van der Waals surface area (Å²) in [6, 6.07) is 14.5. The Hall–Kier alpha value is -3.05. The van der Waals surface area contributed by atoms with Gasteiger partial charge in [0.05, 0.1) is 19.8 Å². The second-order valence-electron chi connectivity index (χ2n) is 10.3. The SMILES string of the molecule is COc1ccc(/C=C2\CC3CN4CCc5c([nH]c6ccccc56)C4(C)CC3CC2=O)cc1OC. The molecule has 1 saturated carbocycles. The minimum Gasteiger partial charge on any atom is -0.493 e. The van der Waals surface area contributed by atoms with Gasteiger partial charge in [0, 0.05) is 36.1 Å². The molecule has 176 valence electrons. The lowest BCUT2D eigenvalue weighted by Gasteiger charge is -2.54. The first-order valence-corrected chi connectivity index (χ1v) is 12.3. The highest BCUT2D eigenvalue weighted by Crippen LogP contribution is 2.50. The van der Waals surface area contributed by atoms with Crippen molar-refractivity contribution in [1.82, 2.24) is 9.88 Å². The number of carbonyl (C=O) groups is 1. The number of aromatic nitrogens is 1. The zero-order valence-electron chi connectivity index (χ0n) is 20.2. The van der Waals surface area contributed by atoms with Crippen molar-refractivity contribution in [1.29, 1.82) is 0 Å². The largest absolute Gasteiger partial charge is 0.493 e. The summed E-state index contributed by atoms with van der Waals surface area (Å²) in [6.07, 6.45) is 5.67. The normalized spacial score (nSPS) is 27.9. The van der Waals surface area contributed by atoms with Crippen LogP contribution in [0.25, 0.3) is 17.0 Å². The fourth-order valence-corrected chi connectivity index (χ4v) is 6.72. The summed E-state index contributed by atoms with van der Waals surface area (Å²) < 4.78 is 10.8. The maximum atomic E-state index is 13.2. The summed E-state index contributed by atoms with van der Waals surface area (Å²) in [4.78, 5) is 19.7. The molecule has 3 aromatic rings. The van der Waals surface area contributed by atoms with E-state index in [1.165, 1.54) is 22.2 Å². The van der Waals surface area contributed by atoms with Gasteiger partial charge in [0.25, 0.3) is 0 Å². The summed E-state index contributed by atoms with van der Waals surface area (Å²) >= 11 is 0. The Bertz CT molecular complexity index is 1310. The Morgan fingerprint density at radius 3 is 2.71 bits per heavy atom. The molecular weight excluding hydrogens is 424 g/mol. The van der Waals surface area contributed by atoms with Crippen LogP contribution in [0.3, 0.4) is 0 Å². The average Bonchev–Trinajstić information content (AvgIpc) is 3.23. The first-order valence-electron chi connectivity index (χ1n) is 12.3. The Labute approximate surface area is 200 Å². The van der Waals surface area contributed by atoms with E-state index in [9.17, 15) is 4.79 Å². The van der Waals surface area contributed by atoms with E-state index in [-0.39, 0.29) is 5.54 Å². The van der Waals surface area contributed by atoms with Gasteiger partial charge in [-0.25, -0.2) is 0 Å². The summed E-state index contributed by atoms with van der Waals surface area (Å²) in [5.74, 6) is 2.62. The zero-order valence-corrected chi connectivity index (χ0v) is 20.2. The number of nitrogens with one attached hydrogen (secondary N) is 1. The third-order valence-electron chi connectivity index (χ3n) is 8.50. The molecule has 2 aromatic carbocycles. The molecule has 3 unspecified atom stereocenters. The van der Waals surface area contributed by atoms with Crippen molar-refractivity contribution in [2.75, 3.05) is 27.3 Å². The number of piperidine rings is 1. The quantitative estimate of drug-likeness (QED) is 0.541. The van der Waals surface area contributed by atoms with Gasteiger partial charge in [0.15, 0.2) is 17.3 Å². The number of benzene rings is 2. The van der Waals surface area contributed by atoms with E-state index in [2.05, 4.69) is 47.1 Å². The molecule has 1 saturated heterocycles. The molecule has 34 heavy (non-hydrogen) atoms. The number of carbonyl (C=O) groups excluding carboxylic acids is 1. The van der Waals surface area contributed by atoms with Crippen LogP contribution in [0, 0.1) is 11.8 Å². The van der Waals surface area contributed by atoms with Gasteiger partial charge in [-0.05, 0) is 79.0 Å². The van der Waals surface area contributed by atoms with Crippen LogP contribution in [0.2, 0.25) is 0 Å². The van der Waals surface area contributed by atoms with E-state index in [0.717, 1.165) is 43.5 Å². The van der Waals surface area contributed by atoms with Gasteiger partial charge < -0.3 is 14.5 Å². The van der Waals surface area contributed by atoms with Gasteiger partial charge >= 0.3 is 0 Å². The highest BCUT2D eigenvalue weighted by Gasteiger charge is 2.49. The van der Waals surface area contributed by atoms with Crippen LogP contribution in [0.4, 0.5) is 0 Å². The van der Waals surface area contributed by atoms with E-state index in [1.54, 1.807) is 14.2 Å². The molecule has 3 heterocycles. The maximum absolute atomic E-state index is 13.2. The van der Waals surface area contributed by atoms with Crippen LogP contribution in [0.1, 0.15) is 43.0 Å². The van der Waals surface area contributed by atoms with Crippen molar-refractivity contribution in [2.24, 2.45) is 11.8 Å². The topological polar surface area (TPSA) is 54.6 Å². The Morgan fingerprint density at radius 2 is 1.88 bits per heavy atom. The third kappa shape index (κ3) is 3.29. The highest BCUT2D eigenvalue weighted by molar-refractivity contribution is 6.00. The van der Waals surface area contributed by atoms with E-state index >= 15 is 0 Å². The van der Waals surface area contributed by atoms with Crippen LogP contribution in [0.5, 0.6) is 11.5 Å². The number of allylic oxidation sites excluding steroid dienone is 1. The number of para-hydroxylation sites is 1. The molecule has 0 radical (unpaired) electrons. The smallest absolute Gasteiger partial charge is 0.161 e.